The third-order valence-corrected chi connectivity index (χ3v) is 3.54. The number of aromatic nitrogens is 3. The number of benzene rings is 1. The summed E-state index contributed by atoms with van der Waals surface area (Å²) in [5.74, 6) is -2.23. The van der Waals surface area contributed by atoms with Gasteiger partial charge in [0.05, 0.1) is 18.1 Å². The molecule has 2 aromatic heterocycles. The Kier molecular flexibility index (Phi) is 4.09. The number of aromatic carboxylic acids is 1. The molecule has 24 heavy (non-hydrogen) atoms. The van der Waals surface area contributed by atoms with Crippen molar-refractivity contribution in [1.29, 1.82) is 0 Å². The summed E-state index contributed by atoms with van der Waals surface area (Å²) in [6.07, 6.45) is 4.00. The fourth-order valence-corrected chi connectivity index (χ4v) is 2.39. The SMILES string of the molecule is O=C(O)c1c(-c2ccc(Cl)cc2F)cnn(-c2cccnc2)c1=O. The van der Waals surface area contributed by atoms with Crippen LogP contribution >= 0.6 is 11.6 Å². The van der Waals surface area contributed by atoms with Crippen molar-refractivity contribution in [2.24, 2.45) is 0 Å². The van der Waals surface area contributed by atoms with E-state index in [0.717, 1.165) is 16.9 Å². The molecule has 1 N–H and O–H groups in total. The van der Waals surface area contributed by atoms with E-state index in [2.05, 4.69) is 10.1 Å². The largest absolute Gasteiger partial charge is 0.477 e. The minimum Gasteiger partial charge on any atom is -0.477 e. The quantitative estimate of drug-likeness (QED) is 0.789. The fraction of sp³-hybridized carbons (Fsp3) is 0. The van der Waals surface area contributed by atoms with Crippen LogP contribution in [0.1, 0.15) is 10.4 Å². The van der Waals surface area contributed by atoms with Gasteiger partial charge in [0.2, 0.25) is 0 Å². The zero-order chi connectivity index (χ0) is 17.3. The Morgan fingerprint density at radius 3 is 2.62 bits per heavy atom. The van der Waals surface area contributed by atoms with E-state index in [4.69, 9.17) is 11.6 Å². The zero-order valence-corrected chi connectivity index (χ0v) is 12.7. The summed E-state index contributed by atoms with van der Waals surface area (Å²) in [4.78, 5) is 28.0. The average Bonchev–Trinajstić information content (AvgIpc) is 2.55. The number of rotatable bonds is 3. The highest BCUT2D eigenvalue weighted by atomic mass is 35.5. The number of halogens is 2. The second-order valence-corrected chi connectivity index (χ2v) is 5.23. The number of carbonyl (C=O) groups is 1. The summed E-state index contributed by atoms with van der Waals surface area (Å²) < 4.78 is 15.0. The first-order valence-electron chi connectivity index (χ1n) is 6.70. The van der Waals surface area contributed by atoms with Gasteiger partial charge in [0, 0.05) is 22.3 Å². The molecule has 0 unspecified atom stereocenters. The summed E-state index contributed by atoms with van der Waals surface area (Å²) in [5.41, 5.74) is -1.37. The Bertz CT molecular complexity index is 990. The van der Waals surface area contributed by atoms with Crippen LogP contribution in [-0.2, 0) is 0 Å². The minimum atomic E-state index is -1.48. The van der Waals surface area contributed by atoms with E-state index in [-0.39, 0.29) is 16.1 Å². The average molecular weight is 346 g/mol. The molecular weight excluding hydrogens is 337 g/mol. The molecule has 0 saturated heterocycles. The van der Waals surface area contributed by atoms with Crippen LogP contribution in [0.5, 0.6) is 0 Å². The van der Waals surface area contributed by atoms with Crippen LogP contribution in [0.15, 0.2) is 53.7 Å². The van der Waals surface area contributed by atoms with E-state index < -0.39 is 22.9 Å². The summed E-state index contributed by atoms with van der Waals surface area (Å²) in [5, 5.41) is 13.5. The molecule has 3 rings (SSSR count). The molecule has 1 aromatic carbocycles. The van der Waals surface area contributed by atoms with Gasteiger partial charge in [0.25, 0.3) is 5.56 Å². The van der Waals surface area contributed by atoms with E-state index in [1.54, 1.807) is 12.1 Å². The molecule has 3 aromatic rings. The van der Waals surface area contributed by atoms with Crippen LogP contribution in [0, 0.1) is 5.82 Å². The monoisotopic (exact) mass is 345 g/mol. The Hall–Kier alpha value is -3.06. The number of hydrogen-bond donors (Lipinski definition) is 1. The van der Waals surface area contributed by atoms with Gasteiger partial charge in [0.15, 0.2) is 0 Å². The normalized spacial score (nSPS) is 10.6. The first kappa shape index (κ1) is 15.8. The van der Waals surface area contributed by atoms with Gasteiger partial charge in [0.1, 0.15) is 11.4 Å². The third kappa shape index (κ3) is 2.77. The minimum absolute atomic E-state index is 0.0697. The molecular formula is C16H9ClFN3O3. The van der Waals surface area contributed by atoms with Crippen molar-refractivity contribution in [3.05, 3.63) is 75.7 Å². The van der Waals surface area contributed by atoms with Crippen LogP contribution in [0.4, 0.5) is 4.39 Å². The van der Waals surface area contributed by atoms with Gasteiger partial charge in [-0.15, -0.1) is 0 Å². The number of carboxylic acid groups (broad SMARTS) is 1. The first-order valence-corrected chi connectivity index (χ1v) is 7.08. The summed E-state index contributed by atoms with van der Waals surface area (Å²) in [6, 6.07) is 6.87. The van der Waals surface area contributed by atoms with Crippen molar-refractivity contribution >= 4 is 17.6 Å². The number of hydrogen-bond acceptors (Lipinski definition) is 4. The number of carboxylic acids is 1. The van der Waals surface area contributed by atoms with Crippen LogP contribution in [0.2, 0.25) is 5.02 Å². The topological polar surface area (TPSA) is 85.1 Å². The smallest absolute Gasteiger partial charge is 0.342 e. The Morgan fingerprint density at radius 1 is 1.21 bits per heavy atom. The van der Waals surface area contributed by atoms with E-state index in [1.807, 2.05) is 0 Å². The maximum Gasteiger partial charge on any atom is 0.342 e. The molecule has 8 heteroatoms. The van der Waals surface area contributed by atoms with E-state index in [9.17, 15) is 19.1 Å². The van der Waals surface area contributed by atoms with Gasteiger partial charge in [-0.3, -0.25) is 9.78 Å². The van der Waals surface area contributed by atoms with Gasteiger partial charge in [-0.25, -0.2) is 9.18 Å². The molecule has 6 nitrogen and oxygen atoms in total. The maximum absolute atomic E-state index is 14.1. The predicted molar refractivity (Wildman–Crippen MR) is 85.0 cm³/mol. The second-order valence-electron chi connectivity index (χ2n) is 4.79. The Morgan fingerprint density at radius 2 is 2.00 bits per heavy atom. The molecule has 0 atom stereocenters. The molecule has 0 amide bonds. The van der Waals surface area contributed by atoms with Gasteiger partial charge < -0.3 is 5.11 Å². The zero-order valence-electron chi connectivity index (χ0n) is 12.0. The molecule has 0 fully saturated rings. The highest BCUT2D eigenvalue weighted by Crippen LogP contribution is 2.26. The highest BCUT2D eigenvalue weighted by molar-refractivity contribution is 6.30. The molecule has 0 aliphatic rings. The van der Waals surface area contributed by atoms with Crippen molar-refractivity contribution in [3.63, 3.8) is 0 Å². The lowest BCUT2D eigenvalue weighted by molar-refractivity contribution is 0.0695. The summed E-state index contributed by atoms with van der Waals surface area (Å²) in [7, 11) is 0. The second kappa shape index (κ2) is 6.21. The van der Waals surface area contributed by atoms with Gasteiger partial charge in [-0.2, -0.15) is 9.78 Å². The third-order valence-electron chi connectivity index (χ3n) is 3.30. The molecule has 0 radical (unpaired) electrons. The number of pyridine rings is 1. The lowest BCUT2D eigenvalue weighted by atomic mass is 10.0. The van der Waals surface area contributed by atoms with Crippen LogP contribution in [0.3, 0.4) is 0 Å². The highest BCUT2D eigenvalue weighted by Gasteiger charge is 2.22. The van der Waals surface area contributed by atoms with E-state index in [1.165, 1.54) is 24.5 Å². The fourth-order valence-electron chi connectivity index (χ4n) is 2.24. The Labute approximate surface area is 139 Å². The molecule has 0 spiro atoms. The lowest BCUT2D eigenvalue weighted by Crippen LogP contribution is -2.28. The molecule has 0 saturated carbocycles. The van der Waals surface area contributed by atoms with Crippen LogP contribution < -0.4 is 5.56 Å². The van der Waals surface area contributed by atoms with Crippen molar-refractivity contribution < 1.29 is 14.3 Å². The molecule has 0 aliphatic heterocycles. The Balaban J connectivity index is 2.28. The lowest BCUT2D eigenvalue weighted by Gasteiger charge is -2.10. The van der Waals surface area contributed by atoms with E-state index in [0.29, 0.717) is 5.69 Å². The molecule has 120 valence electrons. The van der Waals surface area contributed by atoms with Gasteiger partial charge in [-0.05, 0) is 30.3 Å². The van der Waals surface area contributed by atoms with Crippen molar-refractivity contribution in [2.45, 2.75) is 0 Å². The van der Waals surface area contributed by atoms with Crippen molar-refractivity contribution in [3.8, 4) is 16.8 Å². The first-order chi connectivity index (χ1) is 11.5. The maximum atomic E-state index is 14.1. The predicted octanol–water partition coefficient (Wildman–Crippen LogP) is 2.79. The van der Waals surface area contributed by atoms with E-state index >= 15 is 0 Å². The molecule has 0 aliphatic carbocycles. The number of nitrogens with zero attached hydrogens (tertiary/aromatic N) is 3. The summed E-state index contributed by atoms with van der Waals surface area (Å²) in [6.45, 7) is 0. The van der Waals surface area contributed by atoms with Crippen LogP contribution in [-0.4, -0.2) is 25.8 Å². The molecule has 0 bridgehead atoms. The van der Waals surface area contributed by atoms with Crippen molar-refractivity contribution in [1.82, 2.24) is 14.8 Å². The standard InChI is InChI=1S/C16H9ClFN3O3/c17-9-3-4-11(13(18)6-9)12-8-20-21(10-2-1-5-19-7-10)15(22)14(12)16(23)24/h1-8H,(H,23,24). The van der Waals surface area contributed by atoms with Crippen molar-refractivity contribution in [2.75, 3.05) is 0 Å². The summed E-state index contributed by atoms with van der Waals surface area (Å²) >= 11 is 5.70. The van der Waals surface area contributed by atoms with Gasteiger partial charge in [-0.1, -0.05) is 11.6 Å². The molecule has 2 heterocycles. The van der Waals surface area contributed by atoms with Gasteiger partial charge >= 0.3 is 5.97 Å². The van der Waals surface area contributed by atoms with Crippen LogP contribution in [0.25, 0.3) is 16.8 Å².